The molecule has 1 heterocycles. The normalized spacial score (nSPS) is 12.1. The first-order chi connectivity index (χ1) is 10.5. The highest BCUT2D eigenvalue weighted by atomic mass is 19.1. The van der Waals surface area contributed by atoms with Crippen molar-refractivity contribution in [3.05, 3.63) is 68.0 Å². The molecule has 0 saturated carbocycles. The molecule has 1 N–H and O–H groups in total. The molecule has 116 valence electrons. The summed E-state index contributed by atoms with van der Waals surface area (Å²) in [5.74, 6) is 0. The number of H-pyrrole nitrogens is 1. The zero-order chi connectivity index (χ0) is 16.1. The molecule has 1 aromatic heterocycles. The maximum Gasteiger partial charge on any atom is 0.328 e. The summed E-state index contributed by atoms with van der Waals surface area (Å²) in [6, 6.07) is 7.15. The van der Waals surface area contributed by atoms with Gasteiger partial charge in [0.15, 0.2) is 0 Å². The fraction of sp³-hybridized carbons (Fsp3) is 0.312. The number of carbonyl (C=O) groups excluding carboxylic acids is 1. The molecular weight excluding hydrogens is 287 g/mol. The van der Waals surface area contributed by atoms with Gasteiger partial charge in [-0.2, -0.15) is 0 Å². The molecule has 1 aromatic carbocycles. The first kappa shape index (κ1) is 15.9. The van der Waals surface area contributed by atoms with Crippen molar-refractivity contribution >= 4 is 6.29 Å². The molecule has 0 radical (unpaired) electrons. The Morgan fingerprint density at radius 2 is 1.86 bits per heavy atom. The van der Waals surface area contributed by atoms with E-state index in [2.05, 4.69) is 4.98 Å². The van der Waals surface area contributed by atoms with Crippen LogP contribution in [0.25, 0.3) is 0 Å². The second-order valence-corrected chi connectivity index (χ2v) is 5.22. The summed E-state index contributed by atoms with van der Waals surface area (Å²) in [5, 5.41) is 0. The Morgan fingerprint density at radius 1 is 1.23 bits per heavy atom. The van der Waals surface area contributed by atoms with E-state index in [0.29, 0.717) is 18.4 Å². The number of aromatic amines is 1. The standard InChI is InChI=1S/C16H17FN2O3/c1-11-9-19(16(22)18-15(11)21)10-13-4-2-12(3-5-13)8-14(17)6-7-20/h2-5,7,9,14H,6,8,10H2,1H3,(H,18,21,22). The summed E-state index contributed by atoms with van der Waals surface area (Å²) in [5.41, 5.74) is 1.27. The Balaban J connectivity index is 2.11. The van der Waals surface area contributed by atoms with Gasteiger partial charge in [0, 0.05) is 24.6 Å². The summed E-state index contributed by atoms with van der Waals surface area (Å²) in [4.78, 5) is 35.5. The fourth-order valence-electron chi connectivity index (χ4n) is 2.16. The lowest BCUT2D eigenvalue weighted by Crippen LogP contribution is -2.31. The van der Waals surface area contributed by atoms with Crippen LogP contribution in [0.2, 0.25) is 0 Å². The van der Waals surface area contributed by atoms with Crippen LogP contribution in [0.4, 0.5) is 4.39 Å². The number of aldehydes is 1. The number of alkyl halides is 1. The molecule has 0 spiro atoms. The van der Waals surface area contributed by atoms with Gasteiger partial charge in [0.05, 0.1) is 6.54 Å². The van der Waals surface area contributed by atoms with Crippen molar-refractivity contribution in [3.63, 3.8) is 0 Å². The van der Waals surface area contributed by atoms with E-state index in [4.69, 9.17) is 0 Å². The second kappa shape index (κ2) is 6.98. The zero-order valence-electron chi connectivity index (χ0n) is 12.2. The summed E-state index contributed by atoms with van der Waals surface area (Å²) >= 11 is 0. The Kier molecular flexibility index (Phi) is 5.04. The minimum absolute atomic E-state index is 0.103. The number of nitrogens with one attached hydrogen (secondary N) is 1. The van der Waals surface area contributed by atoms with E-state index >= 15 is 0 Å². The molecule has 22 heavy (non-hydrogen) atoms. The van der Waals surface area contributed by atoms with Crippen molar-refractivity contribution in [1.29, 1.82) is 0 Å². The van der Waals surface area contributed by atoms with Crippen LogP contribution in [-0.4, -0.2) is 22.0 Å². The molecule has 1 unspecified atom stereocenters. The molecular formula is C16H17FN2O3. The number of aryl methyl sites for hydroxylation is 1. The monoisotopic (exact) mass is 304 g/mol. The lowest BCUT2D eigenvalue weighted by Gasteiger charge is -2.08. The van der Waals surface area contributed by atoms with Gasteiger partial charge in [-0.1, -0.05) is 24.3 Å². The molecule has 0 aliphatic rings. The van der Waals surface area contributed by atoms with Crippen molar-refractivity contribution in [2.45, 2.75) is 32.5 Å². The van der Waals surface area contributed by atoms with E-state index in [1.807, 2.05) is 0 Å². The molecule has 0 bridgehead atoms. The van der Waals surface area contributed by atoms with Crippen molar-refractivity contribution in [1.82, 2.24) is 9.55 Å². The SMILES string of the molecule is Cc1cn(Cc2ccc(CC(F)CC=O)cc2)c(=O)[nH]c1=O. The predicted molar refractivity (Wildman–Crippen MR) is 80.9 cm³/mol. The van der Waals surface area contributed by atoms with Crippen LogP contribution >= 0.6 is 0 Å². The molecule has 0 amide bonds. The van der Waals surface area contributed by atoms with Crippen LogP contribution in [-0.2, 0) is 17.8 Å². The van der Waals surface area contributed by atoms with Gasteiger partial charge < -0.3 is 4.79 Å². The van der Waals surface area contributed by atoms with Gasteiger partial charge in [-0.15, -0.1) is 0 Å². The first-order valence-corrected chi connectivity index (χ1v) is 6.95. The Hall–Kier alpha value is -2.50. The summed E-state index contributed by atoms with van der Waals surface area (Å²) in [6.07, 6.45) is 0.999. The van der Waals surface area contributed by atoms with Gasteiger partial charge in [-0.25, -0.2) is 9.18 Å². The lowest BCUT2D eigenvalue weighted by molar-refractivity contribution is -0.108. The highest BCUT2D eigenvalue weighted by Crippen LogP contribution is 2.10. The van der Waals surface area contributed by atoms with Crippen molar-refractivity contribution < 1.29 is 9.18 Å². The minimum Gasteiger partial charge on any atom is -0.303 e. The average molecular weight is 304 g/mol. The molecule has 0 fully saturated rings. The molecule has 2 rings (SSSR count). The number of aromatic nitrogens is 2. The van der Waals surface area contributed by atoms with Crippen molar-refractivity contribution in [2.24, 2.45) is 0 Å². The number of halogens is 1. The van der Waals surface area contributed by atoms with Gasteiger partial charge in [0.1, 0.15) is 12.5 Å². The van der Waals surface area contributed by atoms with E-state index in [-0.39, 0.29) is 18.4 Å². The largest absolute Gasteiger partial charge is 0.328 e. The Morgan fingerprint density at radius 3 is 2.50 bits per heavy atom. The number of benzene rings is 1. The molecule has 0 saturated heterocycles. The van der Waals surface area contributed by atoms with Crippen LogP contribution in [0.3, 0.4) is 0 Å². The van der Waals surface area contributed by atoms with Gasteiger partial charge in [0.2, 0.25) is 0 Å². The van der Waals surface area contributed by atoms with Gasteiger partial charge in [-0.05, 0) is 18.1 Å². The van der Waals surface area contributed by atoms with Gasteiger partial charge >= 0.3 is 5.69 Å². The van der Waals surface area contributed by atoms with Crippen LogP contribution < -0.4 is 11.2 Å². The average Bonchev–Trinajstić information content (AvgIpc) is 2.47. The van der Waals surface area contributed by atoms with E-state index in [1.165, 1.54) is 10.8 Å². The number of nitrogens with zero attached hydrogens (tertiary/aromatic N) is 1. The molecule has 2 aromatic rings. The fourth-order valence-corrected chi connectivity index (χ4v) is 2.16. The molecule has 1 atom stereocenters. The summed E-state index contributed by atoms with van der Waals surface area (Å²) in [7, 11) is 0. The first-order valence-electron chi connectivity index (χ1n) is 6.95. The molecule has 5 nitrogen and oxygen atoms in total. The third kappa shape index (κ3) is 4.00. The van der Waals surface area contributed by atoms with E-state index < -0.39 is 11.9 Å². The Bertz CT molecular complexity index is 762. The maximum absolute atomic E-state index is 13.4. The molecule has 6 heteroatoms. The quantitative estimate of drug-likeness (QED) is 0.819. The van der Waals surface area contributed by atoms with E-state index in [9.17, 15) is 18.8 Å². The summed E-state index contributed by atoms with van der Waals surface area (Å²) in [6.45, 7) is 1.95. The third-order valence-electron chi connectivity index (χ3n) is 3.37. The van der Waals surface area contributed by atoms with E-state index in [0.717, 1.165) is 11.1 Å². The van der Waals surface area contributed by atoms with Crippen molar-refractivity contribution in [2.75, 3.05) is 0 Å². The predicted octanol–water partition coefficient (Wildman–Crippen LogP) is 1.36. The molecule has 0 aliphatic carbocycles. The minimum atomic E-state index is -1.17. The third-order valence-corrected chi connectivity index (χ3v) is 3.37. The van der Waals surface area contributed by atoms with E-state index in [1.54, 1.807) is 31.2 Å². The topological polar surface area (TPSA) is 71.9 Å². The maximum atomic E-state index is 13.4. The highest BCUT2D eigenvalue weighted by molar-refractivity contribution is 5.50. The van der Waals surface area contributed by atoms with Gasteiger partial charge in [0.25, 0.3) is 5.56 Å². The number of carbonyl (C=O) groups is 1. The molecule has 0 aliphatic heterocycles. The number of hydrogen-bond donors (Lipinski definition) is 1. The Labute approximate surface area is 126 Å². The van der Waals surface area contributed by atoms with Crippen LogP contribution in [0.1, 0.15) is 23.1 Å². The number of rotatable bonds is 6. The highest BCUT2D eigenvalue weighted by Gasteiger charge is 2.07. The number of hydrogen-bond acceptors (Lipinski definition) is 3. The van der Waals surface area contributed by atoms with Gasteiger partial charge in [-0.3, -0.25) is 14.3 Å². The van der Waals surface area contributed by atoms with Crippen LogP contribution in [0, 0.1) is 6.92 Å². The van der Waals surface area contributed by atoms with Crippen LogP contribution in [0.15, 0.2) is 40.1 Å². The van der Waals surface area contributed by atoms with Crippen LogP contribution in [0.5, 0.6) is 0 Å². The lowest BCUT2D eigenvalue weighted by atomic mass is 10.1. The smallest absolute Gasteiger partial charge is 0.303 e. The second-order valence-electron chi connectivity index (χ2n) is 5.22. The summed E-state index contributed by atoms with van der Waals surface area (Å²) < 4.78 is 14.8. The van der Waals surface area contributed by atoms with Crippen molar-refractivity contribution in [3.8, 4) is 0 Å². The zero-order valence-corrected chi connectivity index (χ0v) is 12.2.